The summed E-state index contributed by atoms with van der Waals surface area (Å²) in [6, 6.07) is 10.8. The van der Waals surface area contributed by atoms with E-state index >= 15 is 0 Å². The molecule has 0 saturated heterocycles. The number of rotatable bonds is 3. The maximum absolute atomic E-state index is 13.7. The molecule has 0 aliphatic carbocycles. The molecule has 1 amide bonds. The Balaban J connectivity index is 1.42. The van der Waals surface area contributed by atoms with Gasteiger partial charge in [0.05, 0.1) is 47.5 Å². The molecule has 0 saturated carbocycles. The lowest BCUT2D eigenvalue weighted by Gasteiger charge is -2.22. The number of fused-ring (bicyclic) bond motifs is 4. The van der Waals surface area contributed by atoms with E-state index in [1.807, 2.05) is 19.1 Å². The van der Waals surface area contributed by atoms with Crippen LogP contribution in [0.25, 0.3) is 28.1 Å². The third kappa shape index (κ3) is 5.82. The molecule has 2 atom stereocenters. The Bertz CT molecular complexity index is 1920. The highest BCUT2D eigenvalue weighted by Crippen LogP contribution is 2.34. The van der Waals surface area contributed by atoms with Gasteiger partial charge in [-0.3, -0.25) is 24.1 Å². The van der Waals surface area contributed by atoms with Crippen LogP contribution >= 0.6 is 11.6 Å². The summed E-state index contributed by atoms with van der Waals surface area (Å²) in [5.41, 5.74) is 1.89. The van der Waals surface area contributed by atoms with Gasteiger partial charge in [0.25, 0.3) is 5.56 Å². The Kier molecular flexibility index (Phi) is 7.72. The van der Waals surface area contributed by atoms with E-state index in [0.717, 1.165) is 22.0 Å². The van der Waals surface area contributed by atoms with Crippen molar-refractivity contribution in [2.45, 2.75) is 38.4 Å². The van der Waals surface area contributed by atoms with Crippen LogP contribution < -0.4 is 10.9 Å². The van der Waals surface area contributed by atoms with Gasteiger partial charge in [0, 0.05) is 40.5 Å². The predicted octanol–water partition coefficient (Wildman–Crippen LogP) is 5.97. The molecule has 10 nitrogen and oxygen atoms in total. The molecule has 0 radical (unpaired) electrons. The van der Waals surface area contributed by atoms with Crippen LogP contribution in [-0.2, 0) is 11.0 Å². The number of pyridine rings is 2. The third-order valence-electron chi connectivity index (χ3n) is 7.51. The molecule has 0 fully saturated rings. The summed E-state index contributed by atoms with van der Waals surface area (Å²) < 4.78 is 42.0. The summed E-state index contributed by atoms with van der Waals surface area (Å²) in [5.74, 6) is -0.413. The molecular weight excluding hydrogens is 597 g/mol. The molecule has 0 spiro atoms. The number of aromatic nitrogens is 7. The van der Waals surface area contributed by atoms with Crippen LogP contribution in [-0.4, -0.2) is 40.4 Å². The molecule has 14 heteroatoms. The van der Waals surface area contributed by atoms with E-state index in [4.69, 9.17) is 11.6 Å². The first-order valence-electron chi connectivity index (χ1n) is 13.7. The minimum atomic E-state index is -4.68. The van der Waals surface area contributed by atoms with E-state index in [1.165, 1.54) is 35.2 Å². The smallest absolute Gasteiger partial charge is 0.324 e. The van der Waals surface area contributed by atoms with Gasteiger partial charge in [0.2, 0.25) is 5.91 Å². The molecule has 6 rings (SSSR count). The van der Waals surface area contributed by atoms with Crippen molar-refractivity contribution in [1.82, 2.24) is 34.5 Å². The lowest BCUT2D eigenvalue weighted by molar-refractivity contribution is -0.141. The van der Waals surface area contributed by atoms with Crippen LogP contribution in [0.1, 0.15) is 43.6 Å². The van der Waals surface area contributed by atoms with E-state index in [-0.39, 0.29) is 23.2 Å². The molecule has 5 heterocycles. The van der Waals surface area contributed by atoms with Crippen molar-refractivity contribution in [3.05, 3.63) is 100 Å². The first-order valence-corrected chi connectivity index (χ1v) is 14.1. The van der Waals surface area contributed by atoms with E-state index in [2.05, 4.69) is 30.6 Å². The number of nitrogens with zero attached hydrogens (tertiary/aromatic N) is 7. The van der Waals surface area contributed by atoms with Gasteiger partial charge < -0.3 is 5.32 Å². The van der Waals surface area contributed by atoms with Crippen LogP contribution in [0.3, 0.4) is 0 Å². The quantitative estimate of drug-likeness (QED) is 0.264. The Morgan fingerprint density at radius 2 is 1.84 bits per heavy atom. The Hall–Kier alpha value is -4.91. The zero-order valence-corrected chi connectivity index (χ0v) is 23.9. The second-order valence-corrected chi connectivity index (χ2v) is 10.9. The molecule has 5 aromatic rings. The molecule has 1 N–H and O–H groups in total. The van der Waals surface area contributed by atoms with Crippen LogP contribution in [0.4, 0.5) is 18.9 Å². The average Bonchev–Trinajstić information content (AvgIpc) is 3.51. The summed E-state index contributed by atoms with van der Waals surface area (Å²) in [6.45, 7) is 1.85. The van der Waals surface area contributed by atoms with Crippen LogP contribution in [0.2, 0.25) is 5.02 Å². The largest absolute Gasteiger partial charge is 0.436 e. The van der Waals surface area contributed by atoms with Crippen molar-refractivity contribution in [3.63, 3.8) is 0 Å². The summed E-state index contributed by atoms with van der Waals surface area (Å²) in [7, 11) is 0. The minimum absolute atomic E-state index is 0.124. The van der Waals surface area contributed by atoms with Crippen molar-refractivity contribution >= 4 is 23.2 Å². The fraction of sp³-hybridized carbons (Fsp3) is 0.233. The number of carbonyl (C=O) groups excluding carboxylic acids is 1. The van der Waals surface area contributed by atoms with Crippen molar-refractivity contribution in [1.29, 1.82) is 0 Å². The molecule has 1 aromatic carbocycles. The second-order valence-electron chi connectivity index (χ2n) is 10.5. The number of amides is 1. The SMILES string of the molecule is C[C@@H]1CCC[C@H](n2cnc(-c3cc(Cl)ccc3-n3cc(C(F)(F)F)nn3)cc2=O)c2cc(ccn2)-c2ccncc2NC1=O. The number of benzene rings is 1. The second kappa shape index (κ2) is 11.6. The van der Waals surface area contributed by atoms with Gasteiger partial charge in [-0.15, -0.1) is 5.10 Å². The van der Waals surface area contributed by atoms with Crippen LogP contribution in [0.5, 0.6) is 0 Å². The Labute approximate surface area is 253 Å². The number of carbonyl (C=O) groups is 1. The number of hydrogen-bond acceptors (Lipinski definition) is 7. The molecule has 44 heavy (non-hydrogen) atoms. The van der Waals surface area contributed by atoms with Gasteiger partial charge in [-0.1, -0.05) is 30.2 Å². The zero-order chi connectivity index (χ0) is 31.0. The van der Waals surface area contributed by atoms with Crippen LogP contribution in [0, 0.1) is 5.92 Å². The molecule has 224 valence electrons. The van der Waals surface area contributed by atoms with E-state index in [0.29, 0.717) is 41.2 Å². The minimum Gasteiger partial charge on any atom is -0.324 e. The normalized spacial score (nSPS) is 17.2. The molecule has 4 aromatic heterocycles. The van der Waals surface area contributed by atoms with Crippen molar-refractivity contribution in [2.75, 3.05) is 5.32 Å². The predicted molar refractivity (Wildman–Crippen MR) is 156 cm³/mol. The van der Waals surface area contributed by atoms with E-state index in [1.54, 1.807) is 24.7 Å². The monoisotopic (exact) mass is 620 g/mol. The third-order valence-corrected chi connectivity index (χ3v) is 7.75. The fourth-order valence-corrected chi connectivity index (χ4v) is 5.37. The zero-order valence-electron chi connectivity index (χ0n) is 23.2. The topological polar surface area (TPSA) is 120 Å². The number of nitrogens with one attached hydrogen (secondary N) is 1. The van der Waals surface area contributed by atoms with E-state index in [9.17, 15) is 22.8 Å². The van der Waals surface area contributed by atoms with Gasteiger partial charge in [-0.2, -0.15) is 13.2 Å². The lowest BCUT2D eigenvalue weighted by atomic mass is 9.96. The summed E-state index contributed by atoms with van der Waals surface area (Å²) in [4.78, 5) is 39.9. The number of anilines is 1. The van der Waals surface area contributed by atoms with Crippen molar-refractivity contribution in [3.8, 4) is 28.1 Å². The molecular formula is C30H24ClF3N8O2. The van der Waals surface area contributed by atoms with Crippen LogP contribution in [0.15, 0.2) is 78.4 Å². The molecule has 0 unspecified atom stereocenters. The fourth-order valence-electron chi connectivity index (χ4n) is 5.19. The first kappa shape index (κ1) is 29.2. The van der Waals surface area contributed by atoms with Gasteiger partial charge in [-0.25, -0.2) is 9.67 Å². The number of halogens is 4. The molecule has 1 aliphatic rings. The highest BCUT2D eigenvalue weighted by molar-refractivity contribution is 6.31. The maximum Gasteiger partial charge on any atom is 0.436 e. The van der Waals surface area contributed by atoms with Gasteiger partial charge in [0.15, 0.2) is 5.69 Å². The van der Waals surface area contributed by atoms with Gasteiger partial charge in [0.1, 0.15) is 0 Å². The molecule has 1 aliphatic heterocycles. The van der Waals surface area contributed by atoms with E-state index < -0.39 is 23.5 Å². The Morgan fingerprint density at radius 3 is 2.61 bits per heavy atom. The highest BCUT2D eigenvalue weighted by atomic mass is 35.5. The summed E-state index contributed by atoms with van der Waals surface area (Å²) in [6.07, 6.45) is 4.05. The maximum atomic E-state index is 13.7. The number of alkyl halides is 3. The summed E-state index contributed by atoms with van der Waals surface area (Å²) in [5, 5.41) is 10.1. The van der Waals surface area contributed by atoms with Crippen molar-refractivity contribution in [2.24, 2.45) is 5.92 Å². The molecule has 2 bridgehead atoms. The van der Waals surface area contributed by atoms with Gasteiger partial charge in [-0.05, 0) is 54.8 Å². The van der Waals surface area contributed by atoms with Gasteiger partial charge >= 0.3 is 6.18 Å². The lowest BCUT2D eigenvalue weighted by Crippen LogP contribution is -2.27. The standard InChI is InChI=1S/C30H24ClF3N8O2/c1-17-3-2-4-26(23-11-18(7-10-36-23)20-8-9-35-14-24(20)38-29(17)44)41-16-37-22(13-28(41)43)21-12-19(31)5-6-25(21)42-15-27(39-40-42)30(32,33)34/h5-17,26H,2-4H2,1H3,(H,38,44)/t17-,26+/m1/s1. The first-order chi connectivity index (χ1) is 21.1. The Morgan fingerprint density at radius 1 is 1.00 bits per heavy atom. The number of hydrogen-bond donors (Lipinski definition) is 1. The summed E-state index contributed by atoms with van der Waals surface area (Å²) >= 11 is 6.23. The average molecular weight is 621 g/mol. The highest BCUT2D eigenvalue weighted by Gasteiger charge is 2.35. The van der Waals surface area contributed by atoms with Crippen molar-refractivity contribution < 1.29 is 18.0 Å².